The van der Waals surface area contributed by atoms with Crippen molar-refractivity contribution in [3.05, 3.63) is 0 Å². The fourth-order valence-electron chi connectivity index (χ4n) is 2.26. The lowest BCUT2D eigenvalue weighted by atomic mass is 10.1. The molecule has 0 N–H and O–H groups in total. The minimum Gasteiger partial charge on any atom is -0.377 e. The van der Waals surface area contributed by atoms with Gasteiger partial charge >= 0.3 is 0 Å². The molecule has 0 aromatic heterocycles. The predicted octanol–water partition coefficient (Wildman–Crippen LogP) is 1.65. The van der Waals surface area contributed by atoms with Gasteiger partial charge in [0.2, 0.25) is 0 Å². The van der Waals surface area contributed by atoms with Crippen LogP contribution in [0, 0.1) is 0 Å². The van der Waals surface area contributed by atoms with Crippen LogP contribution in [0.2, 0.25) is 0 Å². The zero-order chi connectivity index (χ0) is 8.39. The third-order valence-corrected chi connectivity index (χ3v) is 3.14. The van der Waals surface area contributed by atoms with Gasteiger partial charge in [0.25, 0.3) is 0 Å². The van der Waals surface area contributed by atoms with Gasteiger partial charge in [0.1, 0.15) is 0 Å². The lowest BCUT2D eigenvalue weighted by molar-refractivity contribution is -0.0221. The maximum Gasteiger partial charge on any atom is 0.0625 e. The van der Waals surface area contributed by atoms with E-state index in [-0.39, 0.29) is 0 Å². The van der Waals surface area contributed by atoms with E-state index in [1.165, 1.54) is 38.8 Å². The maximum absolute atomic E-state index is 5.66. The van der Waals surface area contributed by atoms with Gasteiger partial charge in [-0.3, -0.25) is 4.90 Å². The van der Waals surface area contributed by atoms with Gasteiger partial charge < -0.3 is 4.74 Å². The largest absolute Gasteiger partial charge is 0.377 e. The Kier molecular flexibility index (Phi) is 2.66. The Hall–Kier alpha value is -0.0800. The third-order valence-electron chi connectivity index (χ3n) is 3.14. The minimum absolute atomic E-state index is 0.504. The van der Waals surface area contributed by atoms with E-state index < -0.39 is 0 Å². The number of ether oxygens (including phenoxy) is 1. The molecule has 0 amide bonds. The van der Waals surface area contributed by atoms with Gasteiger partial charge in [-0.05, 0) is 45.7 Å². The summed E-state index contributed by atoms with van der Waals surface area (Å²) in [5, 5.41) is 0. The number of hydrogen-bond donors (Lipinski definition) is 0. The molecule has 2 rings (SSSR count). The lowest BCUT2D eigenvalue weighted by Gasteiger charge is -2.33. The monoisotopic (exact) mass is 169 g/mol. The normalized spacial score (nSPS) is 38.8. The van der Waals surface area contributed by atoms with Crippen molar-refractivity contribution in [2.24, 2.45) is 0 Å². The van der Waals surface area contributed by atoms with Crippen molar-refractivity contribution >= 4 is 0 Å². The molecular weight excluding hydrogens is 150 g/mol. The van der Waals surface area contributed by atoms with Gasteiger partial charge in [-0.25, -0.2) is 0 Å². The highest BCUT2D eigenvalue weighted by molar-refractivity contribution is 4.79. The molecule has 0 radical (unpaired) electrons. The van der Waals surface area contributed by atoms with E-state index in [1.54, 1.807) is 0 Å². The number of nitrogens with zero attached hydrogens (tertiary/aromatic N) is 1. The summed E-state index contributed by atoms with van der Waals surface area (Å²) in [6, 6.07) is 0.740. The molecule has 0 aromatic rings. The molecule has 70 valence electrons. The van der Waals surface area contributed by atoms with Crippen LogP contribution < -0.4 is 0 Å². The molecule has 2 aliphatic rings. The Labute approximate surface area is 74.9 Å². The first-order chi connectivity index (χ1) is 5.86. The van der Waals surface area contributed by atoms with E-state index >= 15 is 0 Å². The van der Waals surface area contributed by atoms with Gasteiger partial charge in [-0.15, -0.1) is 0 Å². The standard InChI is InChI=1S/C10H19NO/c1-9-4-5-10(8-12-9)11-6-2-3-7-11/h9-10H,2-8H2,1H3/t9-,10?/m0/s1. The molecule has 2 heteroatoms. The second kappa shape index (κ2) is 3.75. The summed E-state index contributed by atoms with van der Waals surface area (Å²) in [4.78, 5) is 2.60. The second-order valence-electron chi connectivity index (χ2n) is 4.12. The topological polar surface area (TPSA) is 12.5 Å². The van der Waals surface area contributed by atoms with E-state index in [9.17, 15) is 0 Å². The van der Waals surface area contributed by atoms with Crippen molar-refractivity contribution in [3.8, 4) is 0 Å². The first-order valence-corrected chi connectivity index (χ1v) is 5.22. The van der Waals surface area contributed by atoms with Crippen molar-refractivity contribution in [2.45, 2.75) is 44.8 Å². The van der Waals surface area contributed by atoms with Crippen LogP contribution in [0.1, 0.15) is 32.6 Å². The third kappa shape index (κ3) is 1.80. The first-order valence-electron chi connectivity index (χ1n) is 5.22. The SMILES string of the molecule is C[C@H]1CCC(N2CCCC2)CO1. The second-order valence-corrected chi connectivity index (χ2v) is 4.12. The zero-order valence-corrected chi connectivity index (χ0v) is 7.96. The predicted molar refractivity (Wildman–Crippen MR) is 49.2 cm³/mol. The van der Waals surface area contributed by atoms with E-state index in [2.05, 4.69) is 11.8 Å². The van der Waals surface area contributed by atoms with Crippen molar-refractivity contribution in [1.29, 1.82) is 0 Å². The number of likely N-dealkylation sites (tertiary alicyclic amines) is 1. The van der Waals surface area contributed by atoms with Crippen molar-refractivity contribution < 1.29 is 4.74 Å². The van der Waals surface area contributed by atoms with Crippen molar-refractivity contribution in [1.82, 2.24) is 4.90 Å². The highest BCUT2D eigenvalue weighted by atomic mass is 16.5. The van der Waals surface area contributed by atoms with Crippen molar-refractivity contribution in [2.75, 3.05) is 19.7 Å². The van der Waals surface area contributed by atoms with Crippen LogP contribution in [0.5, 0.6) is 0 Å². The summed E-state index contributed by atoms with van der Waals surface area (Å²) in [5.74, 6) is 0. The molecule has 0 spiro atoms. The Morgan fingerprint density at radius 1 is 1.17 bits per heavy atom. The average molecular weight is 169 g/mol. The summed E-state index contributed by atoms with van der Waals surface area (Å²) in [6.07, 6.45) is 5.89. The van der Waals surface area contributed by atoms with E-state index in [1.807, 2.05) is 0 Å². The first kappa shape index (κ1) is 8.52. The molecule has 2 fully saturated rings. The fraction of sp³-hybridized carbons (Fsp3) is 1.00. The molecule has 2 aliphatic heterocycles. The van der Waals surface area contributed by atoms with E-state index in [4.69, 9.17) is 4.74 Å². The zero-order valence-electron chi connectivity index (χ0n) is 7.96. The molecule has 2 heterocycles. The van der Waals surface area contributed by atoms with Crippen LogP contribution in [0.3, 0.4) is 0 Å². The fourth-order valence-corrected chi connectivity index (χ4v) is 2.26. The average Bonchev–Trinajstić information content (AvgIpc) is 2.58. The quantitative estimate of drug-likeness (QED) is 0.592. The Bertz CT molecular complexity index is 135. The van der Waals surface area contributed by atoms with Gasteiger partial charge in [0.05, 0.1) is 12.7 Å². The smallest absolute Gasteiger partial charge is 0.0625 e. The molecule has 0 aliphatic carbocycles. The molecule has 0 aromatic carbocycles. The highest BCUT2D eigenvalue weighted by Crippen LogP contribution is 2.21. The van der Waals surface area contributed by atoms with Crippen LogP contribution >= 0.6 is 0 Å². The van der Waals surface area contributed by atoms with Crippen LogP contribution in [0.15, 0.2) is 0 Å². The van der Waals surface area contributed by atoms with E-state index in [0.29, 0.717) is 6.10 Å². The van der Waals surface area contributed by atoms with Crippen LogP contribution in [0.4, 0.5) is 0 Å². The molecule has 0 saturated carbocycles. The van der Waals surface area contributed by atoms with E-state index in [0.717, 1.165) is 12.6 Å². The molecule has 2 atom stereocenters. The van der Waals surface area contributed by atoms with Crippen LogP contribution in [-0.2, 0) is 4.74 Å². The Morgan fingerprint density at radius 3 is 2.50 bits per heavy atom. The van der Waals surface area contributed by atoms with Gasteiger partial charge in [-0.1, -0.05) is 0 Å². The van der Waals surface area contributed by atoms with Crippen molar-refractivity contribution in [3.63, 3.8) is 0 Å². The van der Waals surface area contributed by atoms with Gasteiger partial charge in [0, 0.05) is 6.04 Å². The number of hydrogen-bond acceptors (Lipinski definition) is 2. The van der Waals surface area contributed by atoms with Crippen LogP contribution in [0.25, 0.3) is 0 Å². The summed E-state index contributed by atoms with van der Waals surface area (Å²) >= 11 is 0. The molecule has 0 bridgehead atoms. The maximum atomic E-state index is 5.66. The molecule has 2 saturated heterocycles. The van der Waals surface area contributed by atoms with Crippen LogP contribution in [-0.4, -0.2) is 36.7 Å². The summed E-state index contributed by atoms with van der Waals surface area (Å²) in [7, 11) is 0. The Morgan fingerprint density at radius 2 is 1.92 bits per heavy atom. The lowest BCUT2D eigenvalue weighted by Crippen LogP contribution is -2.41. The summed E-state index contributed by atoms with van der Waals surface area (Å²) in [5.41, 5.74) is 0. The molecular formula is C10H19NO. The minimum atomic E-state index is 0.504. The van der Waals surface area contributed by atoms with Gasteiger partial charge in [-0.2, -0.15) is 0 Å². The van der Waals surface area contributed by atoms with Gasteiger partial charge in [0.15, 0.2) is 0 Å². The summed E-state index contributed by atoms with van der Waals surface area (Å²) in [6.45, 7) is 5.77. The molecule has 12 heavy (non-hydrogen) atoms. The summed E-state index contributed by atoms with van der Waals surface area (Å²) < 4.78 is 5.66. The molecule has 1 unspecified atom stereocenters. The highest BCUT2D eigenvalue weighted by Gasteiger charge is 2.25. The Balaban J connectivity index is 1.80. The molecule has 2 nitrogen and oxygen atoms in total. The number of rotatable bonds is 1.